The molecule has 2 aromatic rings. The van der Waals surface area contributed by atoms with Gasteiger partial charge >= 0.3 is 0 Å². The minimum Gasteiger partial charge on any atom is -0.339 e. The Labute approximate surface area is 158 Å². The summed E-state index contributed by atoms with van der Waals surface area (Å²) < 4.78 is 4.99. The summed E-state index contributed by atoms with van der Waals surface area (Å²) in [6.07, 6.45) is 4.36. The summed E-state index contributed by atoms with van der Waals surface area (Å²) in [5.41, 5.74) is 1.45. The first-order valence-corrected chi connectivity index (χ1v) is 9.60. The van der Waals surface area contributed by atoms with Crippen LogP contribution in [0.2, 0.25) is 0 Å². The van der Waals surface area contributed by atoms with Gasteiger partial charge in [-0.05, 0) is 25.0 Å². The zero-order valence-corrected chi connectivity index (χ0v) is 15.6. The molecule has 0 unspecified atom stereocenters. The first kappa shape index (κ1) is 17.7. The van der Waals surface area contributed by atoms with Crippen molar-refractivity contribution in [1.82, 2.24) is 19.9 Å². The number of aromatic nitrogens is 2. The summed E-state index contributed by atoms with van der Waals surface area (Å²) in [6.45, 7) is 4.17. The summed E-state index contributed by atoms with van der Waals surface area (Å²) >= 11 is 0. The van der Waals surface area contributed by atoms with Crippen molar-refractivity contribution in [3.8, 4) is 11.4 Å². The summed E-state index contributed by atoms with van der Waals surface area (Å²) in [4.78, 5) is 33.2. The van der Waals surface area contributed by atoms with Gasteiger partial charge in [0.25, 0.3) is 5.91 Å². The number of benzene rings is 1. The maximum Gasteiger partial charge on any atom is 0.253 e. The van der Waals surface area contributed by atoms with Crippen molar-refractivity contribution >= 4 is 11.8 Å². The molecule has 0 bridgehead atoms. The van der Waals surface area contributed by atoms with Crippen molar-refractivity contribution in [3.05, 3.63) is 35.7 Å². The molecule has 1 aromatic heterocycles. The van der Waals surface area contributed by atoms with Crippen molar-refractivity contribution in [2.24, 2.45) is 5.92 Å². The maximum atomic E-state index is 12.8. The molecule has 2 heterocycles. The van der Waals surface area contributed by atoms with Crippen LogP contribution in [0.3, 0.4) is 0 Å². The third-order valence-corrected chi connectivity index (χ3v) is 5.50. The van der Waals surface area contributed by atoms with Gasteiger partial charge in [-0.2, -0.15) is 4.98 Å². The number of aryl methyl sites for hydroxylation is 1. The standard InChI is InChI=1S/C20H24N4O3/c1-14-21-18(22-27-14)15-6-8-17(9-7-15)20(26)24-12-10-23(11-13-24)19(25)16-4-2-3-5-16/h6-9,16H,2-5,10-13H2,1H3. The molecule has 0 N–H and O–H groups in total. The van der Waals surface area contributed by atoms with E-state index in [1.165, 1.54) is 0 Å². The molecule has 27 heavy (non-hydrogen) atoms. The third-order valence-electron chi connectivity index (χ3n) is 5.50. The Balaban J connectivity index is 1.35. The number of rotatable bonds is 3. The average Bonchev–Trinajstić information content (AvgIpc) is 3.39. The predicted octanol–water partition coefficient (Wildman–Crippen LogP) is 2.52. The quantitative estimate of drug-likeness (QED) is 0.832. The first-order chi connectivity index (χ1) is 13.1. The first-order valence-electron chi connectivity index (χ1n) is 9.60. The summed E-state index contributed by atoms with van der Waals surface area (Å²) in [6, 6.07) is 7.24. The van der Waals surface area contributed by atoms with Crippen LogP contribution in [-0.2, 0) is 4.79 Å². The zero-order chi connectivity index (χ0) is 18.8. The normalized spacial score (nSPS) is 18.1. The monoisotopic (exact) mass is 368 g/mol. The third kappa shape index (κ3) is 3.72. The van der Waals surface area contributed by atoms with E-state index in [-0.39, 0.29) is 17.7 Å². The minimum absolute atomic E-state index is 0.00110. The van der Waals surface area contributed by atoms with Crippen LogP contribution in [0.5, 0.6) is 0 Å². The molecular weight excluding hydrogens is 344 g/mol. The SMILES string of the molecule is Cc1nc(-c2ccc(C(=O)N3CCN(C(=O)C4CCCC4)CC3)cc2)no1. The number of carbonyl (C=O) groups excluding carboxylic acids is 2. The Morgan fingerprint density at radius 1 is 1.00 bits per heavy atom. The highest BCUT2D eigenvalue weighted by Crippen LogP contribution is 2.27. The lowest BCUT2D eigenvalue weighted by Crippen LogP contribution is -2.51. The molecule has 0 radical (unpaired) electrons. The summed E-state index contributed by atoms with van der Waals surface area (Å²) in [5.74, 6) is 1.51. The maximum absolute atomic E-state index is 12.8. The van der Waals surface area contributed by atoms with E-state index < -0.39 is 0 Å². The second-order valence-electron chi connectivity index (χ2n) is 7.31. The van der Waals surface area contributed by atoms with E-state index in [4.69, 9.17) is 4.52 Å². The van der Waals surface area contributed by atoms with Gasteiger partial charge in [0.05, 0.1) is 0 Å². The van der Waals surface area contributed by atoms with E-state index >= 15 is 0 Å². The van der Waals surface area contributed by atoms with Gasteiger partial charge in [0.15, 0.2) is 0 Å². The topological polar surface area (TPSA) is 79.5 Å². The van der Waals surface area contributed by atoms with E-state index in [0.29, 0.717) is 43.5 Å². The van der Waals surface area contributed by atoms with Gasteiger partial charge in [-0.1, -0.05) is 30.1 Å². The van der Waals surface area contributed by atoms with Crippen LogP contribution in [0, 0.1) is 12.8 Å². The highest BCUT2D eigenvalue weighted by molar-refractivity contribution is 5.94. The van der Waals surface area contributed by atoms with Crippen LogP contribution in [-0.4, -0.2) is 57.9 Å². The zero-order valence-electron chi connectivity index (χ0n) is 15.6. The van der Waals surface area contributed by atoms with Crippen molar-refractivity contribution in [2.45, 2.75) is 32.6 Å². The summed E-state index contributed by atoms with van der Waals surface area (Å²) in [5, 5.41) is 3.89. The average molecular weight is 368 g/mol. The number of hydrogen-bond donors (Lipinski definition) is 0. The minimum atomic E-state index is -0.00110. The lowest BCUT2D eigenvalue weighted by molar-refractivity contribution is -0.136. The second kappa shape index (κ2) is 7.50. The number of carbonyl (C=O) groups is 2. The second-order valence-corrected chi connectivity index (χ2v) is 7.31. The molecule has 2 aliphatic rings. The van der Waals surface area contributed by atoms with Gasteiger partial charge in [0.1, 0.15) is 0 Å². The molecule has 1 aliphatic heterocycles. The van der Waals surface area contributed by atoms with E-state index in [9.17, 15) is 9.59 Å². The van der Waals surface area contributed by atoms with Crippen molar-refractivity contribution in [3.63, 3.8) is 0 Å². The van der Waals surface area contributed by atoms with Crippen LogP contribution in [0.15, 0.2) is 28.8 Å². The van der Waals surface area contributed by atoms with E-state index in [0.717, 1.165) is 31.2 Å². The van der Waals surface area contributed by atoms with Crippen molar-refractivity contribution in [1.29, 1.82) is 0 Å². The van der Waals surface area contributed by atoms with Crippen LogP contribution in [0.25, 0.3) is 11.4 Å². The predicted molar refractivity (Wildman–Crippen MR) is 98.9 cm³/mol. The Kier molecular flexibility index (Phi) is 4.92. The lowest BCUT2D eigenvalue weighted by Gasteiger charge is -2.36. The van der Waals surface area contributed by atoms with Crippen molar-refractivity contribution < 1.29 is 14.1 Å². The molecule has 1 aliphatic carbocycles. The van der Waals surface area contributed by atoms with Gasteiger partial charge in [0.2, 0.25) is 17.6 Å². The molecule has 1 aromatic carbocycles. The fourth-order valence-corrected chi connectivity index (χ4v) is 3.92. The molecule has 7 nitrogen and oxygen atoms in total. The molecule has 2 fully saturated rings. The van der Waals surface area contributed by atoms with E-state index in [2.05, 4.69) is 10.1 Å². The summed E-state index contributed by atoms with van der Waals surface area (Å²) in [7, 11) is 0. The molecule has 142 valence electrons. The van der Waals surface area contributed by atoms with Gasteiger partial charge < -0.3 is 14.3 Å². The van der Waals surface area contributed by atoms with Gasteiger partial charge in [-0.3, -0.25) is 9.59 Å². The van der Waals surface area contributed by atoms with E-state index in [1.54, 1.807) is 19.1 Å². The van der Waals surface area contributed by atoms with Gasteiger partial charge in [-0.25, -0.2) is 0 Å². The van der Waals surface area contributed by atoms with Crippen LogP contribution >= 0.6 is 0 Å². The van der Waals surface area contributed by atoms with Gasteiger partial charge in [0, 0.05) is 50.1 Å². The molecule has 7 heteroatoms. The number of amides is 2. The largest absolute Gasteiger partial charge is 0.339 e. The smallest absolute Gasteiger partial charge is 0.253 e. The molecule has 2 amide bonds. The van der Waals surface area contributed by atoms with E-state index in [1.807, 2.05) is 21.9 Å². The van der Waals surface area contributed by atoms with Crippen LogP contribution in [0.4, 0.5) is 0 Å². The Hall–Kier alpha value is -2.70. The highest BCUT2D eigenvalue weighted by atomic mass is 16.5. The fraction of sp³-hybridized carbons (Fsp3) is 0.500. The Morgan fingerprint density at radius 2 is 1.63 bits per heavy atom. The molecular formula is C20H24N4O3. The molecule has 4 rings (SSSR count). The molecule has 1 saturated carbocycles. The number of nitrogens with zero attached hydrogens (tertiary/aromatic N) is 4. The van der Waals surface area contributed by atoms with Crippen LogP contribution in [0.1, 0.15) is 41.9 Å². The van der Waals surface area contributed by atoms with Crippen molar-refractivity contribution in [2.75, 3.05) is 26.2 Å². The molecule has 0 spiro atoms. The molecule has 0 atom stereocenters. The Bertz CT molecular complexity index is 816. The number of piperazine rings is 1. The van der Waals surface area contributed by atoms with Crippen LogP contribution < -0.4 is 0 Å². The lowest BCUT2D eigenvalue weighted by atomic mass is 10.1. The molecule has 1 saturated heterocycles. The van der Waals surface area contributed by atoms with Gasteiger partial charge in [-0.15, -0.1) is 0 Å². The Morgan fingerprint density at radius 3 is 2.22 bits per heavy atom. The fourth-order valence-electron chi connectivity index (χ4n) is 3.92. The highest BCUT2D eigenvalue weighted by Gasteiger charge is 2.30. The number of hydrogen-bond acceptors (Lipinski definition) is 5.